The molecule has 0 aliphatic carbocycles. The molecule has 30 heavy (non-hydrogen) atoms. The Morgan fingerprint density at radius 2 is 1.70 bits per heavy atom. The molecule has 0 unspecified atom stereocenters. The van der Waals surface area contributed by atoms with Crippen molar-refractivity contribution >= 4 is 35.3 Å². The van der Waals surface area contributed by atoms with E-state index in [1.54, 1.807) is 12.1 Å². The van der Waals surface area contributed by atoms with E-state index in [0.717, 1.165) is 33.8 Å². The van der Waals surface area contributed by atoms with Crippen molar-refractivity contribution in [1.82, 2.24) is 9.99 Å². The Balaban J connectivity index is 1.70. The summed E-state index contributed by atoms with van der Waals surface area (Å²) in [4.78, 5) is 24.1. The third-order valence-electron chi connectivity index (χ3n) is 4.85. The molecule has 0 aliphatic heterocycles. The van der Waals surface area contributed by atoms with Gasteiger partial charge >= 0.3 is 11.8 Å². The summed E-state index contributed by atoms with van der Waals surface area (Å²) >= 11 is 6.27. The highest BCUT2D eigenvalue weighted by atomic mass is 35.5. The van der Waals surface area contributed by atoms with E-state index in [4.69, 9.17) is 11.6 Å². The van der Waals surface area contributed by atoms with Gasteiger partial charge in [0.15, 0.2) is 0 Å². The van der Waals surface area contributed by atoms with Gasteiger partial charge in [0.1, 0.15) is 0 Å². The van der Waals surface area contributed by atoms with Gasteiger partial charge in [0.2, 0.25) is 0 Å². The quantitative estimate of drug-likeness (QED) is 0.370. The minimum absolute atomic E-state index is 0.585. The Hall–Kier alpha value is -3.38. The number of rotatable bonds is 4. The molecule has 1 heterocycles. The number of anilines is 1. The highest BCUT2D eigenvalue weighted by Gasteiger charge is 2.14. The van der Waals surface area contributed by atoms with Crippen molar-refractivity contribution in [2.75, 3.05) is 5.32 Å². The molecular formula is C23H23ClN4O2. The third-order valence-corrected chi connectivity index (χ3v) is 5.26. The average molecular weight is 423 g/mol. The molecule has 0 saturated heterocycles. The number of aryl methyl sites for hydroxylation is 3. The van der Waals surface area contributed by atoms with E-state index in [9.17, 15) is 9.59 Å². The molecular weight excluding hydrogens is 400 g/mol. The lowest BCUT2D eigenvalue weighted by atomic mass is 10.2. The molecule has 0 radical (unpaired) electrons. The van der Waals surface area contributed by atoms with Gasteiger partial charge in [0.25, 0.3) is 0 Å². The van der Waals surface area contributed by atoms with Gasteiger partial charge in [-0.25, -0.2) is 5.43 Å². The maximum atomic E-state index is 12.1. The van der Waals surface area contributed by atoms with Crippen LogP contribution in [-0.2, 0) is 9.59 Å². The van der Waals surface area contributed by atoms with Crippen LogP contribution in [0.2, 0.25) is 5.02 Å². The lowest BCUT2D eigenvalue weighted by molar-refractivity contribution is -0.136. The Labute approximate surface area is 180 Å². The van der Waals surface area contributed by atoms with Gasteiger partial charge in [0.05, 0.1) is 6.21 Å². The second-order valence-corrected chi connectivity index (χ2v) is 7.47. The standard InChI is InChI=1S/C23H23ClN4O2/c1-14-9-10-19(12-20(14)24)28-16(3)11-18(17(28)4)13-25-27-23(30)22(29)26-21-8-6-5-7-15(21)2/h5-13H,1-4H3,(H,26,29)(H,27,30)/b25-13-. The Morgan fingerprint density at radius 1 is 0.967 bits per heavy atom. The van der Waals surface area contributed by atoms with Crippen LogP contribution in [0.25, 0.3) is 5.69 Å². The molecule has 0 bridgehead atoms. The number of benzene rings is 2. The van der Waals surface area contributed by atoms with Gasteiger partial charge in [-0.05, 0) is 63.1 Å². The molecule has 0 spiro atoms. The van der Waals surface area contributed by atoms with Crippen LogP contribution in [0, 0.1) is 27.7 Å². The number of aromatic nitrogens is 1. The normalized spacial score (nSPS) is 11.0. The molecule has 7 heteroatoms. The van der Waals surface area contributed by atoms with E-state index in [-0.39, 0.29) is 0 Å². The van der Waals surface area contributed by atoms with Crippen molar-refractivity contribution in [2.24, 2.45) is 5.10 Å². The maximum absolute atomic E-state index is 12.1. The second kappa shape index (κ2) is 8.97. The second-order valence-electron chi connectivity index (χ2n) is 7.06. The fourth-order valence-corrected chi connectivity index (χ4v) is 3.31. The third kappa shape index (κ3) is 4.60. The summed E-state index contributed by atoms with van der Waals surface area (Å²) < 4.78 is 2.05. The first-order valence-electron chi connectivity index (χ1n) is 9.43. The Bertz CT molecular complexity index is 1150. The summed E-state index contributed by atoms with van der Waals surface area (Å²) in [7, 11) is 0. The zero-order chi connectivity index (χ0) is 21.8. The maximum Gasteiger partial charge on any atom is 0.329 e. The number of para-hydroxylation sites is 1. The predicted octanol–water partition coefficient (Wildman–Crippen LogP) is 4.45. The molecule has 2 aromatic carbocycles. The number of nitrogens with one attached hydrogen (secondary N) is 2. The van der Waals surface area contributed by atoms with Gasteiger partial charge in [0, 0.05) is 33.3 Å². The van der Waals surface area contributed by atoms with E-state index in [1.807, 2.05) is 64.1 Å². The van der Waals surface area contributed by atoms with Crippen LogP contribution in [0.1, 0.15) is 28.1 Å². The van der Waals surface area contributed by atoms with E-state index < -0.39 is 11.8 Å². The Morgan fingerprint density at radius 3 is 2.40 bits per heavy atom. The highest BCUT2D eigenvalue weighted by Crippen LogP contribution is 2.24. The van der Waals surface area contributed by atoms with Gasteiger partial charge < -0.3 is 9.88 Å². The van der Waals surface area contributed by atoms with Crippen molar-refractivity contribution in [2.45, 2.75) is 27.7 Å². The van der Waals surface area contributed by atoms with Crippen LogP contribution in [0.15, 0.2) is 53.6 Å². The number of halogens is 1. The highest BCUT2D eigenvalue weighted by molar-refractivity contribution is 6.39. The first-order chi connectivity index (χ1) is 14.3. The monoisotopic (exact) mass is 422 g/mol. The zero-order valence-corrected chi connectivity index (χ0v) is 18.0. The molecule has 3 aromatic rings. The van der Waals surface area contributed by atoms with E-state index in [2.05, 4.69) is 20.4 Å². The van der Waals surface area contributed by atoms with Crippen LogP contribution in [0.4, 0.5) is 5.69 Å². The largest absolute Gasteiger partial charge is 0.329 e. The fourth-order valence-electron chi connectivity index (χ4n) is 3.14. The predicted molar refractivity (Wildman–Crippen MR) is 121 cm³/mol. The number of nitrogens with zero attached hydrogens (tertiary/aromatic N) is 2. The molecule has 6 nitrogen and oxygen atoms in total. The van der Waals surface area contributed by atoms with E-state index >= 15 is 0 Å². The molecule has 2 amide bonds. The van der Waals surface area contributed by atoms with E-state index in [0.29, 0.717) is 10.7 Å². The van der Waals surface area contributed by atoms with Crippen LogP contribution < -0.4 is 10.7 Å². The van der Waals surface area contributed by atoms with Crippen molar-refractivity contribution < 1.29 is 9.59 Å². The summed E-state index contributed by atoms with van der Waals surface area (Å²) in [5, 5.41) is 7.21. The van der Waals surface area contributed by atoms with Crippen LogP contribution in [-0.4, -0.2) is 22.6 Å². The minimum atomic E-state index is -0.839. The van der Waals surface area contributed by atoms with Gasteiger partial charge in [-0.3, -0.25) is 9.59 Å². The molecule has 0 saturated carbocycles. The number of hydrogen-bond donors (Lipinski definition) is 2. The van der Waals surface area contributed by atoms with Crippen LogP contribution in [0.5, 0.6) is 0 Å². The number of carbonyl (C=O) groups excluding carboxylic acids is 2. The summed E-state index contributed by atoms with van der Waals surface area (Å²) in [6, 6.07) is 15.1. The molecule has 154 valence electrons. The number of amides is 2. The molecule has 0 aliphatic rings. The van der Waals surface area contributed by atoms with Crippen molar-refractivity contribution in [3.05, 3.63) is 81.6 Å². The smallest absolute Gasteiger partial charge is 0.318 e. The summed E-state index contributed by atoms with van der Waals surface area (Å²) in [6.07, 6.45) is 1.52. The van der Waals surface area contributed by atoms with Gasteiger partial charge in [-0.2, -0.15) is 5.10 Å². The first kappa shape index (κ1) is 21.3. The molecule has 1 aromatic heterocycles. The van der Waals surface area contributed by atoms with Gasteiger partial charge in [-0.15, -0.1) is 0 Å². The number of hydrazone groups is 1. The summed E-state index contributed by atoms with van der Waals surface area (Å²) in [6.45, 7) is 7.74. The fraction of sp³-hybridized carbons (Fsp3) is 0.174. The average Bonchev–Trinajstić information content (AvgIpc) is 2.99. The SMILES string of the molecule is Cc1ccc(-n2c(C)cc(/C=N\NC(=O)C(=O)Nc3ccccc3C)c2C)cc1Cl. The van der Waals surface area contributed by atoms with Crippen molar-refractivity contribution in [3.63, 3.8) is 0 Å². The Kier molecular flexibility index (Phi) is 6.37. The topological polar surface area (TPSA) is 75.5 Å². The molecule has 2 N–H and O–H groups in total. The molecule has 0 fully saturated rings. The number of hydrogen-bond acceptors (Lipinski definition) is 3. The summed E-state index contributed by atoms with van der Waals surface area (Å²) in [5.41, 5.74) is 8.44. The minimum Gasteiger partial charge on any atom is -0.318 e. The molecule has 0 atom stereocenters. The summed E-state index contributed by atoms with van der Waals surface area (Å²) in [5.74, 6) is -1.62. The van der Waals surface area contributed by atoms with Gasteiger partial charge in [-0.1, -0.05) is 35.9 Å². The zero-order valence-electron chi connectivity index (χ0n) is 17.3. The van der Waals surface area contributed by atoms with Crippen molar-refractivity contribution in [3.8, 4) is 5.69 Å². The van der Waals surface area contributed by atoms with Crippen LogP contribution in [0.3, 0.4) is 0 Å². The van der Waals surface area contributed by atoms with E-state index in [1.165, 1.54) is 6.21 Å². The molecule has 3 rings (SSSR count). The number of carbonyl (C=O) groups is 2. The van der Waals surface area contributed by atoms with Crippen LogP contribution >= 0.6 is 11.6 Å². The lowest BCUT2D eigenvalue weighted by Gasteiger charge is -2.11. The van der Waals surface area contributed by atoms with Crippen molar-refractivity contribution in [1.29, 1.82) is 0 Å². The first-order valence-corrected chi connectivity index (χ1v) is 9.81. The lowest BCUT2D eigenvalue weighted by Crippen LogP contribution is -2.32.